The van der Waals surface area contributed by atoms with E-state index < -0.39 is 6.10 Å². The van der Waals surface area contributed by atoms with Crippen LogP contribution in [0.3, 0.4) is 0 Å². The van der Waals surface area contributed by atoms with E-state index in [0.717, 1.165) is 103 Å². The van der Waals surface area contributed by atoms with Gasteiger partial charge in [-0.05, 0) is 96.3 Å². The molecule has 0 spiro atoms. The van der Waals surface area contributed by atoms with Gasteiger partial charge in [0.2, 0.25) is 0 Å². The van der Waals surface area contributed by atoms with Crippen LogP contribution in [-0.4, -0.2) is 37.2 Å². The van der Waals surface area contributed by atoms with E-state index in [1.165, 1.54) is 128 Å². The zero-order valence-electron chi connectivity index (χ0n) is 46.5. The summed E-state index contributed by atoms with van der Waals surface area (Å²) >= 11 is 0. The van der Waals surface area contributed by atoms with E-state index in [1.807, 2.05) is 0 Å². The van der Waals surface area contributed by atoms with Crippen molar-refractivity contribution in [3.05, 3.63) is 97.2 Å². The van der Waals surface area contributed by atoms with Crippen LogP contribution in [0.2, 0.25) is 0 Å². The Balaban J connectivity index is 4.47. The lowest BCUT2D eigenvalue weighted by Crippen LogP contribution is -2.30. The molecule has 71 heavy (non-hydrogen) atoms. The Morgan fingerprint density at radius 2 is 0.563 bits per heavy atom. The van der Waals surface area contributed by atoms with Crippen LogP contribution in [-0.2, 0) is 28.6 Å². The highest BCUT2D eigenvalue weighted by molar-refractivity contribution is 5.71. The van der Waals surface area contributed by atoms with Crippen molar-refractivity contribution >= 4 is 17.9 Å². The molecule has 0 amide bonds. The van der Waals surface area contributed by atoms with Gasteiger partial charge in [-0.1, -0.05) is 259 Å². The third-order valence-corrected chi connectivity index (χ3v) is 12.6. The summed E-state index contributed by atoms with van der Waals surface area (Å²) in [6, 6.07) is 0. The summed E-state index contributed by atoms with van der Waals surface area (Å²) in [6.07, 6.45) is 78.3. The molecular formula is C65H110O6. The molecule has 1 atom stereocenters. The number of ether oxygens (including phenoxy) is 3. The van der Waals surface area contributed by atoms with Gasteiger partial charge in [-0.2, -0.15) is 0 Å². The highest BCUT2D eigenvalue weighted by atomic mass is 16.6. The van der Waals surface area contributed by atoms with E-state index in [4.69, 9.17) is 14.2 Å². The second kappa shape index (κ2) is 58.9. The second-order valence-corrected chi connectivity index (χ2v) is 19.5. The quantitative estimate of drug-likeness (QED) is 0.0261. The summed E-state index contributed by atoms with van der Waals surface area (Å²) < 4.78 is 16.8. The molecule has 0 aromatic heterocycles. The molecule has 0 saturated carbocycles. The number of allylic oxidation sites excluding steroid dienone is 16. The van der Waals surface area contributed by atoms with Crippen LogP contribution in [0.5, 0.6) is 0 Å². The lowest BCUT2D eigenvalue weighted by molar-refractivity contribution is -0.167. The molecule has 0 rings (SSSR count). The number of carbonyl (C=O) groups is 3. The Labute approximate surface area is 438 Å². The van der Waals surface area contributed by atoms with Crippen LogP contribution in [0.1, 0.15) is 278 Å². The molecule has 0 aromatic rings. The summed E-state index contributed by atoms with van der Waals surface area (Å²) in [4.78, 5) is 38.2. The van der Waals surface area contributed by atoms with Gasteiger partial charge in [0, 0.05) is 19.3 Å². The van der Waals surface area contributed by atoms with E-state index in [2.05, 4.69) is 118 Å². The first-order valence-electron chi connectivity index (χ1n) is 29.7. The summed E-state index contributed by atoms with van der Waals surface area (Å²) in [6.45, 7) is 6.48. The number of hydrogen-bond acceptors (Lipinski definition) is 6. The van der Waals surface area contributed by atoms with Gasteiger partial charge in [0.1, 0.15) is 13.2 Å². The van der Waals surface area contributed by atoms with Crippen molar-refractivity contribution in [2.24, 2.45) is 0 Å². The van der Waals surface area contributed by atoms with Crippen molar-refractivity contribution in [2.45, 2.75) is 284 Å². The first-order valence-corrected chi connectivity index (χ1v) is 29.7. The maximum absolute atomic E-state index is 12.9. The molecule has 6 nitrogen and oxygen atoms in total. The van der Waals surface area contributed by atoms with Crippen molar-refractivity contribution < 1.29 is 28.6 Å². The summed E-state index contributed by atoms with van der Waals surface area (Å²) in [5, 5.41) is 0. The fourth-order valence-corrected chi connectivity index (χ4v) is 8.13. The molecule has 0 saturated heterocycles. The van der Waals surface area contributed by atoms with Crippen LogP contribution >= 0.6 is 0 Å². The molecule has 0 aromatic carbocycles. The van der Waals surface area contributed by atoms with Crippen LogP contribution in [0.4, 0.5) is 0 Å². The first kappa shape index (κ1) is 67.3. The van der Waals surface area contributed by atoms with Crippen molar-refractivity contribution in [3.8, 4) is 0 Å². The monoisotopic (exact) mass is 987 g/mol. The molecule has 406 valence electrons. The molecule has 0 heterocycles. The molecule has 6 heteroatoms. The number of carbonyl (C=O) groups excluding carboxylic acids is 3. The molecular weight excluding hydrogens is 877 g/mol. The Kier molecular flexibility index (Phi) is 55.9. The van der Waals surface area contributed by atoms with Gasteiger partial charge in [0.05, 0.1) is 0 Å². The number of rotatable bonds is 53. The predicted octanol–water partition coefficient (Wildman–Crippen LogP) is 20.1. The zero-order valence-corrected chi connectivity index (χ0v) is 46.5. The Morgan fingerprint density at radius 1 is 0.296 bits per heavy atom. The minimum absolute atomic E-state index is 0.0970. The van der Waals surface area contributed by atoms with E-state index in [1.54, 1.807) is 0 Å². The molecule has 0 N–H and O–H groups in total. The van der Waals surface area contributed by atoms with Gasteiger partial charge >= 0.3 is 17.9 Å². The van der Waals surface area contributed by atoms with Gasteiger partial charge in [-0.15, -0.1) is 0 Å². The minimum Gasteiger partial charge on any atom is -0.462 e. The van der Waals surface area contributed by atoms with Crippen LogP contribution in [0, 0.1) is 0 Å². The topological polar surface area (TPSA) is 78.9 Å². The standard InChI is InChI=1S/C65H110O6/c1-4-7-10-13-16-19-22-25-28-30-31-32-33-34-35-36-38-40-43-46-49-52-55-58-64(67)70-61-62(60-69-63(66)57-54-51-48-45-42-39-27-24-21-18-15-12-9-6-3)71-65(68)59-56-53-50-47-44-41-37-29-26-23-20-17-14-11-8-5-2/h7,10,16,19,25,28-29,31-32,34-35,37-38,40,46,49,62H,4-6,8-9,11-15,17-18,20-24,26-27,30,33,36,39,41-45,47-48,50-61H2,1-3H3/b10-7-,19-16-,28-25-,32-31-,35-34-,37-29-,40-38-,49-46-. The highest BCUT2D eigenvalue weighted by Crippen LogP contribution is 2.15. The third kappa shape index (κ3) is 57.1. The molecule has 0 aliphatic rings. The van der Waals surface area contributed by atoms with Crippen molar-refractivity contribution in [1.29, 1.82) is 0 Å². The SMILES string of the molecule is CC/C=C\C/C=C\C/C=C\C/C=C\C/C=C\C/C=C\C/C=C\CCCC(=O)OCC(COC(=O)CCCCCCCCCCCCCCCC)OC(=O)CCCCCCC/C=C\CCCCCCCCC. The Hall–Kier alpha value is -3.67. The highest BCUT2D eigenvalue weighted by Gasteiger charge is 2.19. The summed E-state index contributed by atoms with van der Waals surface area (Å²) in [7, 11) is 0. The van der Waals surface area contributed by atoms with Crippen LogP contribution in [0.25, 0.3) is 0 Å². The largest absolute Gasteiger partial charge is 0.462 e. The van der Waals surface area contributed by atoms with Crippen molar-refractivity contribution in [1.82, 2.24) is 0 Å². The fraction of sp³-hybridized carbons (Fsp3) is 0.708. The number of esters is 3. The van der Waals surface area contributed by atoms with Gasteiger partial charge in [-0.3, -0.25) is 14.4 Å². The third-order valence-electron chi connectivity index (χ3n) is 12.6. The van der Waals surface area contributed by atoms with Gasteiger partial charge in [0.15, 0.2) is 6.10 Å². The number of unbranched alkanes of at least 4 members (excludes halogenated alkanes) is 26. The molecule has 0 fully saturated rings. The normalized spacial score (nSPS) is 12.8. The van der Waals surface area contributed by atoms with Crippen molar-refractivity contribution in [3.63, 3.8) is 0 Å². The van der Waals surface area contributed by atoms with Crippen LogP contribution < -0.4 is 0 Å². The second-order valence-electron chi connectivity index (χ2n) is 19.5. The van der Waals surface area contributed by atoms with E-state index in [-0.39, 0.29) is 37.5 Å². The van der Waals surface area contributed by atoms with E-state index in [9.17, 15) is 14.4 Å². The van der Waals surface area contributed by atoms with Crippen molar-refractivity contribution in [2.75, 3.05) is 13.2 Å². The average Bonchev–Trinajstić information content (AvgIpc) is 3.37. The van der Waals surface area contributed by atoms with E-state index in [0.29, 0.717) is 19.3 Å². The molecule has 1 unspecified atom stereocenters. The maximum atomic E-state index is 12.9. The van der Waals surface area contributed by atoms with Gasteiger partial charge in [0.25, 0.3) is 0 Å². The smallest absolute Gasteiger partial charge is 0.306 e. The molecule has 0 aliphatic heterocycles. The zero-order chi connectivity index (χ0) is 51.4. The maximum Gasteiger partial charge on any atom is 0.306 e. The molecule has 0 radical (unpaired) electrons. The van der Waals surface area contributed by atoms with E-state index >= 15 is 0 Å². The molecule has 0 bridgehead atoms. The summed E-state index contributed by atoms with van der Waals surface area (Å²) in [5.41, 5.74) is 0. The minimum atomic E-state index is -0.805. The average molecular weight is 988 g/mol. The Morgan fingerprint density at radius 3 is 0.930 bits per heavy atom. The predicted molar refractivity (Wildman–Crippen MR) is 307 cm³/mol. The number of hydrogen-bond donors (Lipinski definition) is 0. The van der Waals surface area contributed by atoms with Crippen LogP contribution in [0.15, 0.2) is 97.2 Å². The van der Waals surface area contributed by atoms with Gasteiger partial charge in [-0.25, -0.2) is 0 Å². The molecule has 0 aliphatic carbocycles. The summed E-state index contributed by atoms with van der Waals surface area (Å²) in [5.74, 6) is -0.961. The first-order chi connectivity index (χ1) is 35.0. The lowest BCUT2D eigenvalue weighted by Gasteiger charge is -2.18. The van der Waals surface area contributed by atoms with Gasteiger partial charge < -0.3 is 14.2 Å². The Bertz CT molecular complexity index is 1410. The lowest BCUT2D eigenvalue weighted by atomic mass is 10.0. The fourth-order valence-electron chi connectivity index (χ4n) is 8.13.